The fourth-order valence-electron chi connectivity index (χ4n) is 1.88. The van der Waals surface area contributed by atoms with Crippen LogP contribution in [0.4, 0.5) is 0 Å². The van der Waals surface area contributed by atoms with E-state index >= 15 is 0 Å². The van der Waals surface area contributed by atoms with Gasteiger partial charge in [-0.3, -0.25) is 4.79 Å². The molecule has 5 nitrogen and oxygen atoms in total. The van der Waals surface area contributed by atoms with E-state index in [9.17, 15) is 4.79 Å². The molecule has 0 aliphatic rings. The van der Waals surface area contributed by atoms with Gasteiger partial charge in [0.25, 0.3) is 5.91 Å². The first-order chi connectivity index (χ1) is 11.5. The normalized spacial score (nSPS) is 10.7. The Labute approximate surface area is 181 Å². The van der Waals surface area contributed by atoms with Crippen molar-refractivity contribution in [3.8, 4) is 11.5 Å². The van der Waals surface area contributed by atoms with E-state index < -0.39 is 0 Å². The summed E-state index contributed by atoms with van der Waals surface area (Å²) in [6, 6.07) is 9.11. The van der Waals surface area contributed by atoms with Crippen LogP contribution in [0.25, 0.3) is 0 Å². The Morgan fingerprint density at radius 3 is 2.29 bits per heavy atom. The molecule has 24 heavy (non-hydrogen) atoms. The number of ether oxygens (including phenoxy) is 2. The Kier molecular flexibility index (Phi) is 7.53. The molecule has 2 aromatic carbocycles. The highest BCUT2D eigenvalue weighted by Crippen LogP contribution is 2.28. The van der Waals surface area contributed by atoms with E-state index in [0.29, 0.717) is 11.3 Å². The van der Waals surface area contributed by atoms with Crippen LogP contribution < -0.4 is 14.9 Å². The second-order valence-electron chi connectivity index (χ2n) is 4.57. The van der Waals surface area contributed by atoms with E-state index in [1.165, 1.54) is 0 Å². The Morgan fingerprint density at radius 2 is 1.71 bits per heavy atom. The van der Waals surface area contributed by atoms with Crippen molar-refractivity contribution < 1.29 is 14.3 Å². The maximum Gasteiger partial charge on any atom is 0.271 e. The van der Waals surface area contributed by atoms with Gasteiger partial charge in [-0.1, -0.05) is 0 Å². The van der Waals surface area contributed by atoms with Crippen molar-refractivity contribution in [1.29, 1.82) is 0 Å². The molecule has 126 valence electrons. The molecule has 1 amide bonds. The molecular weight excluding hydrogens is 649 g/mol. The molecule has 0 bridgehead atoms. The summed E-state index contributed by atoms with van der Waals surface area (Å²) in [5.41, 5.74) is 3.89. The van der Waals surface area contributed by atoms with E-state index in [2.05, 4.69) is 78.3 Å². The number of benzene rings is 2. The van der Waals surface area contributed by atoms with Gasteiger partial charge in [0.05, 0.1) is 31.1 Å². The van der Waals surface area contributed by atoms with Gasteiger partial charge < -0.3 is 9.47 Å². The molecule has 0 unspecified atom stereocenters. The lowest BCUT2D eigenvalue weighted by molar-refractivity contribution is 0.0954. The number of rotatable bonds is 5. The first-order valence-electron chi connectivity index (χ1n) is 6.66. The van der Waals surface area contributed by atoms with Gasteiger partial charge in [-0.15, -0.1) is 0 Å². The van der Waals surface area contributed by atoms with Gasteiger partial charge in [-0.2, -0.15) is 5.10 Å². The van der Waals surface area contributed by atoms with Crippen molar-refractivity contribution in [2.45, 2.75) is 0 Å². The molecule has 0 aliphatic carbocycles. The van der Waals surface area contributed by atoms with Crippen molar-refractivity contribution in [3.63, 3.8) is 0 Å². The van der Waals surface area contributed by atoms with Crippen molar-refractivity contribution in [2.24, 2.45) is 5.10 Å². The first kappa shape index (κ1) is 19.7. The molecular formula is C16H13I3N2O3. The molecule has 2 rings (SSSR count). The Bertz CT molecular complexity index is 771. The topological polar surface area (TPSA) is 59.9 Å². The zero-order chi connectivity index (χ0) is 17.7. The smallest absolute Gasteiger partial charge is 0.271 e. The van der Waals surface area contributed by atoms with Crippen molar-refractivity contribution >= 4 is 79.9 Å². The van der Waals surface area contributed by atoms with Crippen LogP contribution in [0.1, 0.15) is 15.9 Å². The monoisotopic (exact) mass is 662 g/mol. The van der Waals surface area contributed by atoms with E-state index in [1.54, 1.807) is 32.6 Å². The zero-order valence-electron chi connectivity index (χ0n) is 12.8. The summed E-state index contributed by atoms with van der Waals surface area (Å²) in [5.74, 6) is 1.20. The van der Waals surface area contributed by atoms with Gasteiger partial charge in [-0.25, -0.2) is 5.43 Å². The second kappa shape index (κ2) is 9.17. The van der Waals surface area contributed by atoms with Crippen LogP contribution in [-0.4, -0.2) is 26.3 Å². The van der Waals surface area contributed by atoms with Crippen molar-refractivity contribution in [2.75, 3.05) is 14.2 Å². The van der Waals surface area contributed by atoms with Gasteiger partial charge in [0.2, 0.25) is 0 Å². The summed E-state index contributed by atoms with van der Waals surface area (Å²) in [6.07, 6.45) is 1.60. The van der Waals surface area contributed by atoms with Crippen LogP contribution in [0, 0.1) is 10.7 Å². The van der Waals surface area contributed by atoms with Crippen LogP contribution in [0.2, 0.25) is 0 Å². The third kappa shape index (κ3) is 4.94. The lowest BCUT2D eigenvalue weighted by Gasteiger charge is -2.07. The average Bonchev–Trinajstić information content (AvgIpc) is 2.55. The van der Waals surface area contributed by atoms with Gasteiger partial charge in [-0.05, 0) is 104 Å². The number of methoxy groups -OCH3 is 2. The van der Waals surface area contributed by atoms with Gasteiger partial charge >= 0.3 is 0 Å². The predicted octanol–water partition coefficient (Wildman–Crippen LogP) is 4.28. The molecule has 0 atom stereocenters. The highest BCUT2D eigenvalue weighted by molar-refractivity contribution is 14.1. The molecule has 1 N–H and O–H groups in total. The van der Waals surface area contributed by atoms with Crippen LogP contribution in [0.5, 0.6) is 11.5 Å². The number of halogens is 3. The summed E-state index contributed by atoms with van der Waals surface area (Å²) in [4.78, 5) is 12.1. The first-order valence-corrected chi connectivity index (χ1v) is 9.90. The molecule has 0 heterocycles. The molecule has 0 aliphatic heterocycles. The summed E-state index contributed by atoms with van der Waals surface area (Å²) in [5, 5.41) is 4.02. The number of hydrazone groups is 1. The predicted molar refractivity (Wildman–Crippen MR) is 119 cm³/mol. The number of hydrogen-bond acceptors (Lipinski definition) is 4. The zero-order valence-corrected chi connectivity index (χ0v) is 19.2. The second-order valence-corrected chi connectivity index (χ2v) is 8.05. The van der Waals surface area contributed by atoms with Crippen LogP contribution in [0.3, 0.4) is 0 Å². The lowest BCUT2D eigenvalue weighted by Crippen LogP contribution is -2.17. The fourth-order valence-corrected chi connectivity index (χ4v) is 4.69. The average molecular weight is 662 g/mol. The van der Waals surface area contributed by atoms with Gasteiger partial charge in [0.15, 0.2) is 0 Å². The molecule has 0 spiro atoms. The minimum atomic E-state index is -0.293. The van der Waals surface area contributed by atoms with E-state index in [0.717, 1.165) is 22.0 Å². The molecule has 8 heteroatoms. The van der Waals surface area contributed by atoms with Crippen LogP contribution in [-0.2, 0) is 0 Å². The Balaban J connectivity index is 2.10. The SMILES string of the molecule is COc1cc(C(=O)N/N=C\c2cc(I)c(OC)c(I)c2)ccc1I. The number of nitrogens with zero attached hydrogens (tertiary/aromatic N) is 1. The van der Waals surface area contributed by atoms with Gasteiger partial charge in [0, 0.05) is 5.56 Å². The summed E-state index contributed by atoms with van der Waals surface area (Å²) >= 11 is 6.56. The fraction of sp³-hybridized carbons (Fsp3) is 0.125. The molecule has 0 saturated heterocycles. The number of carbonyl (C=O) groups excluding carboxylic acids is 1. The molecule has 2 aromatic rings. The molecule has 0 aromatic heterocycles. The summed E-state index contributed by atoms with van der Waals surface area (Å²) in [7, 11) is 3.22. The highest BCUT2D eigenvalue weighted by Gasteiger charge is 2.09. The quantitative estimate of drug-likeness (QED) is 0.296. The van der Waals surface area contributed by atoms with E-state index in [4.69, 9.17) is 9.47 Å². The Morgan fingerprint density at radius 1 is 1.04 bits per heavy atom. The van der Waals surface area contributed by atoms with Gasteiger partial charge in [0.1, 0.15) is 11.5 Å². The largest absolute Gasteiger partial charge is 0.496 e. The summed E-state index contributed by atoms with van der Waals surface area (Å²) in [6.45, 7) is 0. The number of carbonyl (C=O) groups is 1. The van der Waals surface area contributed by atoms with E-state index in [1.807, 2.05) is 18.2 Å². The van der Waals surface area contributed by atoms with Crippen LogP contribution >= 0.6 is 67.8 Å². The lowest BCUT2D eigenvalue weighted by atomic mass is 10.2. The Hall–Kier alpha value is -0.630. The van der Waals surface area contributed by atoms with E-state index in [-0.39, 0.29) is 5.91 Å². The maximum absolute atomic E-state index is 12.1. The number of amides is 1. The molecule has 0 radical (unpaired) electrons. The van der Waals surface area contributed by atoms with Crippen molar-refractivity contribution in [3.05, 3.63) is 52.2 Å². The maximum atomic E-state index is 12.1. The van der Waals surface area contributed by atoms with Crippen molar-refractivity contribution in [1.82, 2.24) is 5.43 Å². The standard InChI is InChI=1S/C16H13I3N2O3/c1-23-14-7-10(3-4-11(14)17)16(22)21-20-8-9-5-12(18)15(24-2)13(19)6-9/h3-8H,1-2H3,(H,21,22)/b20-8-. The third-order valence-corrected chi connectivity index (χ3v) is 5.51. The minimum absolute atomic E-state index is 0.293. The molecule has 0 saturated carbocycles. The van der Waals surface area contributed by atoms with Crippen LogP contribution in [0.15, 0.2) is 35.4 Å². The summed E-state index contributed by atoms with van der Waals surface area (Å²) < 4.78 is 13.4. The third-order valence-electron chi connectivity index (χ3n) is 3.02. The number of nitrogens with one attached hydrogen (secondary N) is 1. The minimum Gasteiger partial charge on any atom is -0.496 e. The number of hydrogen-bond donors (Lipinski definition) is 1. The molecule has 0 fully saturated rings. The highest BCUT2D eigenvalue weighted by atomic mass is 127.